The Morgan fingerprint density at radius 2 is 0.747 bits per heavy atom. The molecule has 0 amide bonds. The van der Waals surface area contributed by atoms with Gasteiger partial charge in [0.1, 0.15) is 6.33 Å². The van der Waals surface area contributed by atoms with Gasteiger partial charge in [0, 0.05) is 23.2 Å². The molecule has 79 heavy (non-hydrogen) atoms. The van der Waals surface area contributed by atoms with Crippen molar-refractivity contribution >= 4 is 90.2 Å². The van der Waals surface area contributed by atoms with Gasteiger partial charge in [0.25, 0.3) is 0 Å². The minimum atomic E-state index is -3.30. The summed E-state index contributed by atoms with van der Waals surface area (Å²) in [7, 11) is -3.30. The Kier molecular flexibility index (Phi) is 18.5. The second-order valence-electron chi connectivity index (χ2n) is 18.3. The number of nitrogens with zero attached hydrogens (tertiary/aromatic N) is 2. The van der Waals surface area contributed by atoms with Crippen LogP contribution in [0.25, 0.3) is 70.6 Å². The molecule has 0 saturated heterocycles. The lowest BCUT2D eigenvalue weighted by Gasteiger charge is -2.19. The second kappa shape index (κ2) is 25.8. The summed E-state index contributed by atoms with van der Waals surface area (Å²) < 4.78 is 82.2. The van der Waals surface area contributed by atoms with Gasteiger partial charge in [0.15, 0.2) is 23.3 Å². The van der Waals surface area contributed by atoms with Gasteiger partial charge in [0.05, 0.1) is 20.8 Å². The van der Waals surface area contributed by atoms with E-state index >= 15 is 0 Å². The standard InChI is InChI=1S/C18H12.C14H10.C13H10N2.C13H10O2S.C8H6F4.CH3.Al.H2N.H2O/c1-2-8-14-13(7-1)15-9-3-4-11-17(15)18-12-6-5-10-16(14)18;1-3-7-13-11(5-1)9-10-12-6-2-4-8-14(12)13;1-2-6-11(7-3-1)15-10-14-12-8-4-5-9-13(12)15;14-16(15)12-7-3-1-5-10(12)9-11-6-2-4-8-13(11)16;1-3-5(9)7(11)4(2)8(12)6(3)10;;;;/h1-12H;1-10H;1-10H;1-8H,9H2;1-2H3;1H3;;2*1H2/q;;;;;;+1;-1;. The Hall–Kier alpha value is -8.47. The number of halogens is 4. The second-order valence-corrected chi connectivity index (χ2v) is 20.9. The van der Waals surface area contributed by atoms with E-state index in [9.17, 15) is 26.0 Å². The van der Waals surface area contributed by atoms with Crippen molar-refractivity contribution in [2.45, 2.75) is 35.8 Å². The quantitative estimate of drug-likeness (QED) is 0.0764. The molecule has 14 rings (SSSR count). The molecular weight excluding hydrogens is 1030 g/mol. The smallest absolute Gasteiger partial charge is 0.313 e. The first-order valence-electron chi connectivity index (χ1n) is 25.2. The summed E-state index contributed by atoms with van der Waals surface area (Å²) in [5.74, 6) is -3.32. The van der Waals surface area contributed by atoms with Gasteiger partial charge in [0.2, 0.25) is 9.84 Å². The fourth-order valence-electron chi connectivity index (χ4n) is 9.57. The molecule has 12 heteroatoms. The summed E-state index contributed by atoms with van der Waals surface area (Å²) in [6.45, 7) is 1.96. The van der Waals surface area contributed by atoms with Crippen LogP contribution in [0.2, 0.25) is 5.79 Å². The average Bonchev–Trinajstić information content (AvgIpc) is 4.14. The zero-order valence-electron chi connectivity index (χ0n) is 43.6. The van der Waals surface area contributed by atoms with Gasteiger partial charge >= 0.3 is 15.4 Å². The number of benzene rings is 12. The summed E-state index contributed by atoms with van der Waals surface area (Å²) >= 11 is 0.250. The Bertz CT molecular complexity index is 3930. The first kappa shape index (κ1) is 56.7. The van der Waals surface area contributed by atoms with Crippen LogP contribution in [-0.4, -0.2) is 38.9 Å². The van der Waals surface area contributed by atoms with E-state index in [1.807, 2.05) is 72.8 Å². The molecule has 4 N–H and O–H groups in total. The molecule has 6 nitrogen and oxygen atoms in total. The van der Waals surface area contributed by atoms with Crippen LogP contribution in [-0.2, 0) is 16.3 Å². The molecule has 393 valence electrons. The molecular formula is C67H55AlF4N3O3S. The zero-order chi connectivity index (χ0) is 54.8. The monoisotopic (exact) mass is 1080 g/mol. The Morgan fingerprint density at radius 1 is 0.430 bits per heavy atom. The maximum absolute atomic E-state index is 12.7. The lowest BCUT2D eigenvalue weighted by atomic mass is 9.95. The van der Waals surface area contributed by atoms with E-state index in [1.54, 1.807) is 24.3 Å². The van der Waals surface area contributed by atoms with Crippen molar-refractivity contribution < 1.29 is 31.5 Å². The number of sulfone groups is 1. The lowest BCUT2D eigenvalue weighted by Crippen LogP contribution is -2.14. The van der Waals surface area contributed by atoms with Crippen molar-refractivity contribution in [1.29, 1.82) is 0 Å². The van der Waals surface area contributed by atoms with Crippen LogP contribution in [0.1, 0.15) is 22.3 Å². The summed E-state index contributed by atoms with van der Waals surface area (Å²) in [4.78, 5) is 5.26. The molecule has 0 saturated carbocycles. The maximum atomic E-state index is 12.7. The molecule has 2 heterocycles. The number of hydrogen-bond donors (Lipinski definition) is 1. The van der Waals surface area contributed by atoms with Gasteiger partial charge in [-0.15, -0.1) is 0 Å². The zero-order valence-corrected chi connectivity index (χ0v) is 45.6. The highest BCUT2D eigenvalue weighted by Crippen LogP contribution is 2.36. The molecule has 13 aromatic rings. The SMILES string of the molecule is Cc1c(F)c(F)c(C)c(F)c1F.O.O=S1(=O)c2ccccc2Cc2ccccc21.[CH3][Al][NH2].c1ccc(-n2cnc3ccccc32)cc1.c1ccc2c(c1)c1ccccc1c1ccccc21.c1ccc2c(c1)ccc1ccccc12. The maximum Gasteiger partial charge on any atom is 0.313 e. The highest BCUT2D eigenvalue weighted by molar-refractivity contribution is 7.91. The molecule has 0 unspecified atom stereocenters. The van der Waals surface area contributed by atoms with Crippen LogP contribution in [0.3, 0.4) is 0 Å². The number of imidazole rings is 1. The van der Waals surface area contributed by atoms with E-state index in [-0.39, 0.29) is 20.9 Å². The van der Waals surface area contributed by atoms with Crippen LogP contribution in [0, 0.1) is 37.1 Å². The van der Waals surface area contributed by atoms with E-state index < -0.39 is 44.2 Å². The van der Waals surface area contributed by atoms with Crippen molar-refractivity contribution in [2.75, 3.05) is 0 Å². The van der Waals surface area contributed by atoms with Crippen LogP contribution in [0.4, 0.5) is 17.6 Å². The fourth-order valence-corrected chi connectivity index (χ4v) is 11.3. The Balaban J connectivity index is 0.000000129. The van der Waals surface area contributed by atoms with Gasteiger partial charge in [-0.3, -0.25) is 4.57 Å². The van der Waals surface area contributed by atoms with Gasteiger partial charge in [-0.1, -0.05) is 206 Å². The molecule has 12 aromatic carbocycles. The molecule has 1 aliphatic rings. The molecule has 1 radical (unpaired) electrons. The van der Waals surface area contributed by atoms with Crippen molar-refractivity contribution in [3.05, 3.63) is 288 Å². The molecule has 0 bridgehead atoms. The predicted octanol–water partition coefficient (Wildman–Crippen LogP) is 16.2. The number of fused-ring (bicyclic) bond motifs is 12. The van der Waals surface area contributed by atoms with Gasteiger partial charge in [-0.2, -0.15) is 0 Å². The van der Waals surface area contributed by atoms with Crippen LogP contribution in [0.15, 0.2) is 253 Å². The summed E-state index contributed by atoms with van der Waals surface area (Å²) in [6, 6.07) is 80.1. The first-order chi connectivity index (χ1) is 37.9. The highest BCUT2D eigenvalue weighted by atomic mass is 32.2. The third-order valence-corrected chi connectivity index (χ3v) is 15.4. The fraction of sp³-hybridized carbons (Fsp3) is 0.0597. The summed E-state index contributed by atoms with van der Waals surface area (Å²) in [5, 5.41) is 13.3. The topological polar surface area (TPSA) is 109 Å². The van der Waals surface area contributed by atoms with Crippen molar-refractivity contribution in [3.63, 3.8) is 0 Å². The molecule has 0 atom stereocenters. The lowest BCUT2D eigenvalue weighted by molar-refractivity contribution is 0.436. The van der Waals surface area contributed by atoms with Crippen LogP contribution >= 0.6 is 0 Å². The molecule has 1 aliphatic heterocycles. The van der Waals surface area contributed by atoms with Crippen LogP contribution in [0.5, 0.6) is 0 Å². The van der Waals surface area contributed by atoms with E-state index in [0.29, 0.717) is 16.2 Å². The van der Waals surface area contributed by atoms with Gasteiger partial charge in [-0.05, 0) is 115 Å². The minimum absolute atomic E-state index is 0. The molecule has 0 aliphatic carbocycles. The van der Waals surface area contributed by atoms with E-state index in [0.717, 1.165) is 41.7 Å². The average molecular weight is 1090 g/mol. The third-order valence-electron chi connectivity index (χ3n) is 13.4. The highest BCUT2D eigenvalue weighted by Gasteiger charge is 2.28. The predicted molar refractivity (Wildman–Crippen MR) is 318 cm³/mol. The summed E-state index contributed by atoms with van der Waals surface area (Å²) in [5.41, 5.74) is 3.84. The number of nitrogens with two attached hydrogens (primary N) is 1. The number of aromatic nitrogens is 2. The van der Waals surface area contributed by atoms with E-state index in [2.05, 4.69) is 161 Å². The number of rotatable bonds is 1. The molecule has 1 aromatic heterocycles. The molecule has 0 fully saturated rings. The Labute approximate surface area is 463 Å². The summed E-state index contributed by atoms with van der Waals surface area (Å²) in [6.07, 6.45) is 2.56. The van der Waals surface area contributed by atoms with E-state index in [4.69, 9.17) is 4.72 Å². The number of para-hydroxylation sites is 3. The van der Waals surface area contributed by atoms with Crippen molar-refractivity contribution in [3.8, 4) is 5.69 Å². The third kappa shape index (κ3) is 12.2. The van der Waals surface area contributed by atoms with Crippen LogP contribution < -0.4 is 4.72 Å². The van der Waals surface area contributed by atoms with E-state index in [1.165, 1.54) is 53.9 Å². The minimum Gasteiger partial charge on any atom is -0.420 e. The number of hydrogen-bond acceptors (Lipinski definition) is 4. The Morgan fingerprint density at radius 3 is 1.15 bits per heavy atom. The normalized spacial score (nSPS) is 11.6. The van der Waals surface area contributed by atoms with Gasteiger partial charge < -0.3 is 10.2 Å². The van der Waals surface area contributed by atoms with Gasteiger partial charge in [-0.25, -0.2) is 31.0 Å². The van der Waals surface area contributed by atoms with Crippen molar-refractivity contribution in [1.82, 2.24) is 9.55 Å². The van der Waals surface area contributed by atoms with Crippen molar-refractivity contribution in [2.24, 2.45) is 4.72 Å². The largest absolute Gasteiger partial charge is 0.420 e. The first-order valence-corrected chi connectivity index (χ1v) is 28.5. The molecule has 0 spiro atoms.